The van der Waals surface area contributed by atoms with Crippen molar-refractivity contribution in [2.75, 3.05) is 14.2 Å². The van der Waals surface area contributed by atoms with Crippen molar-refractivity contribution in [3.05, 3.63) is 39.1 Å². The minimum absolute atomic E-state index is 0.153. The first-order chi connectivity index (χ1) is 16.6. The van der Waals surface area contributed by atoms with Gasteiger partial charge in [-0.1, -0.05) is 13.8 Å². The van der Waals surface area contributed by atoms with Crippen molar-refractivity contribution in [1.82, 2.24) is 0 Å². The Morgan fingerprint density at radius 3 is 2.34 bits per heavy atom. The van der Waals surface area contributed by atoms with Gasteiger partial charge < -0.3 is 14.2 Å². The Kier molecular flexibility index (Phi) is 6.71. The maximum atomic E-state index is 13.6. The van der Waals surface area contributed by atoms with Gasteiger partial charge in [-0.15, -0.1) is 0 Å². The number of carbonyl (C=O) groups excluding carboxylic acids is 2. The molecule has 1 saturated carbocycles. The summed E-state index contributed by atoms with van der Waals surface area (Å²) >= 11 is 0. The van der Waals surface area contributed by atoms with Crippen LogP contribution in [0.5, 0.6) is 11.5 Å². The molecule has 1 fully saturated rings. The molecule has 4 rings (SSSR count). The number of ether oxygens (including phenoxy) is 3. The fourth-order valence-corrected chi connectivity index (χ4v) is 5.62. The van der Waals surface area contributed by atoms with Crippen molar-refractivity contribution in [3.63, 3.8) is 0 Å². The van der Waals surface area contributed by atoms with Crippen LogP contribution in [0, 0.1) is 21.4 Å². The highest BCUT2D eigenvalue weighted by atomic mass is 16.6. The SMILES string of the molecule is COc1cc([C@H]2C3=C(CC(C)(C)CC3=O)N=C(C)C2C(=O)OC2CCCC2)c([N+](=O)[O-])cc1OC. The number of benzene rings is 1. The predicted molar refractivity (Wildman–Crippen MR) is 129 cm³/mol. The van der Waals surface area contributed by atoms with Crippen LogP contribution >= 0.6 is 0 Å². The molecule has 0 aromatic heterocycles. The van der Waals surface area contributed by atoms with Crippen molar-refractivity contribution in [3.8, 4) is 11.5 Å². The van der Waals surface area contributed by atoms with Gasteiger partial charge >= 0.3 is 5.97 Å². The molecule has 1 aliphatic heterocycles. The Labute approximate surface area is 204 Å². The summed E-state index contributed by atoms with van der Waals surface area (Å²) < 4.78 is 16.6. The van der Waals surface area contributed by atoms with Crippen LogP contribution in [-0.2, 0) is 14.3 Å². The number of nitrogens with zero attached hydrogens (tertiary/aromatic N) is 2. The van der Waals surface area contributed by atoms with Crippen LogP contribution in [0.2, 0.25) is 0 Å². The van der Waals surface area contributed by atoms with Gasteiger partial charge in [0.1, 0.15) is 12.0 Å². The lowest BCUT2D eigenvalue weighted by Gasteiger charge is -2.39. The average molecular weight is 485 g/mol. The smallest absolute Gasteiger partial charge is 0.315 e. The zero-order valence-corrected chi connectivity index (χ0v) is 20.9. The number of Topliss-reactive ketones (excluding diaryl/α,β-unsaturated/α-hetero) is 1. The second-order valence-electron chi connectivity index (χ2n) is 10.4. The Bertz CT molecular complexity index is 1130. The van der Waals surface area contributed by atoms with Gasteiger partial charge in [-0.05, 0) is 50.5 Å². The van der Waals surface area contributed by atoms with E-state index in [4.69, 9.17) is 19.2 Å². The second kappa shape index (κ2) is 9.43. The first-order valence-corrected chi connectivity index (χ1v) is 12.0. The van der Waals surface area contributed by atoms with Crippen molar-refractivity contribution in [2.24, 2.45) is 16.3 Å². The number of ketones is 1. The Morgan fingerprint density at radius 2 is 1.74 bits per heavy atom. The lowest BCUT2D eigenvalue weighted by molar-refractivity contribution is -0.385. The van der Waals surface area contributed by atoms with Crippen LogP contribution in [0.25, 0.3) is 0 Å². The molecule has 1 heterocycles. The molecule has 188 valence electrons. The largest absolute Gasteiger partial charge is 0.493 e. The zero-order valence-electron chi connectivity index (χ0n) is 20.9. The van der Waals surface area contributed by atoms with Gasteiger partial charge in [0.2, 0.25) is 0 Å². The van der Waals surface area contributed by atoms with Crippen molar-refractivity contribution >= 4 is 23.2 Å². The van der Waals surface area contributed by atoms with Crippen LogP contribution in [0.1, 0.15) is 70.8 Å². The number of hydrogen-bond acceptors (Lipinski definition) is 8. The highest BCUT2D eigenvalue weighted by Crippen LogP contribution is 2.51. The van der Waals surface area contributed by atoms with E-state index in [9.17, 15) is 19.7 Å². The number of methoxy groups -OCH3 is 2. The van der Waals surface area contributed by atoms with Crippen LogP contribution in [0.15, 0.2) is 28.4 Å². The maximum absolute atomic E-state index is 13.6. The fraction of sp³-hybridized carbons (Fsp3) is 0.577. The molecule has 1 aromatic rings. The summed E-state index contributed by atoms with van der Waals surface area (Å²) in [6, 6.07) is 2.79. The van der Waals surface area contributed by atoms with E-state index in [2.05, 4.69) is 0 Å². The van der Waals surface area contributed by atoms with Gasteiger partial charge in [0.25, 0.3) is 5.69 Å². The molecule has 0 bridgehead atoms. The molecule has 1 aromatic carbocycles. The average Bonchev–Trinajstić information content (AvgIpc) is 3.29. The van der Waals surface area contributed by atoms with Gasteiger partial charge in [-0.25, -0.2) is 0 Å². The summed E-state index contributed by atoms with van der Waals surface area (Å²) in [6.07, 6.45) is 4.17. The monoisotopic (exact) mass is 484 g/mol. The number of carbonyl (C=O) groups is 2. The van der Waals surface area contributed by atoms with Gasteiger partial charge in [0.05, 0.1) is 25.2 Å². The Hall–Kier alpha value is -3.23. The molecule has 35 heavy (non-hydrogen) atoms. The molecule has 0 N–H and O–H groups in total. The van der Waals surface area contributed by atoms with Crippen molar-refractivity contribution in [2.45, 2.75) is 71.3 Å². The molecule has 0 radical (unpaired) electrons. The third-order valence-electron chi connectivity index (χ3n) is 7.21. The molecule has 0 amide bonds. The number of nitro benzene ring substituents is 1. The van der Waals surface area contributed by atoms with E-state index in [0.717, 1.165) is 25.7 Å². The molecule has 9 heteroatoms. The van der Waals surface area contributed by atoms with Crippen LogP contribution in [0.4, 0.5) is 5.69 Å². The number of aliphatic imine (C=N–C) groups is 1. The minimum atomic E-state index is -0.948. The third kappa shape index (κ3) is 4.68. The maximum Gasteiger partial charge on any atom is 0.315 e. The normalized spacial score (nSPS) is 24.0. The molecule has 3 aliphatic rings. The number of allylic oxidation sites excluding steroid dienone is 2. The van der Waals surface area contributed by atoms with E-state index in [0.29, 0.717) is 23.4 Å². The molecule has 9 nitrogen and oxygen atoms in total. The molecule has 0 spiro atoms. The van der Waals surface area contributed by atoms with Crippen LogP contribution in [0.3, 0.4) is 0 Å². The second-order valence-corrected chi connectivity index (χ2v) is 10.4. The van der Waals surface area contributed by atoms with E-state index in [1.54, 1.807) is 6.92 Å². The van der Waals surface area contributed by atoms with E-state index < -0.39 is 22.7 Å². The van der Waals surface area contributed by atoms with E-state index in [1.165, 1.54) is 26.4 Å². The fourth-order valence-electron chi connectivity index (χ4n) is 5.62. The van der Waals surface area contributed by atoms with Gasteiger partial charge in [0, 0.05) is 34.9 Å². The summed E-state index contributed by atoms with van der Waals surface area (Å²) in [6.45, 7) is 5.72. The van der Waals surface area contributed by atoms with Crippen molar-refractivity contribution < 1.29 is 28.7 Å². The third-order valence-corrected chi connectivity index (χ3v) is 7.21. The van der Waals surface area contributed by atoms with Crippen LogP contribution in [-0.4, -0.2) is 42.7 Å². The van der Waals surface area contributed by atoms with Crippen molar-refractivity contribution in [1.29, 1.82) is 0 Å². The molecule has 2 atom stereocenters. The summed E-state index contributed by atoms with van der Waals surface area (Å²) in [4.78, 5) is 43.4. The lowest BCUT2D eigenvalue weighted by Crippen LogP contribution is -2.40. The van der Waals surface area contributed by atoms with E-state index in [1.807, 2.05) is 13.8 Å². The van der Waals surface area contributed by atoms with E-state index in [-0.39, 0.29) is 46.5 Å². The summed E-state index contributed by atoms with van der Waals surface area (Å²) in [5.41, 5.74) is 1.11. The number of hydrogen-bond donors (Lipinski definition) is 0. The summed E-state index contributed by atoms with van der Waals surface area (Å²) in [7, 11) is 2.83. The highest BCUT2D eigenvalue weighted by molar-refractivity contribution is 6.09. The molecular formula is C26H32N2O7. The van der Waals surface area contributed by atoms with Gasteiger partial charge in [-0.3, -0.25) is 24.7 Å². The van der Waals surface area contributed by atoms with Gasteiger partial charge in [-0.2, -0.15) is 0 Å². The molecule has 2 aliphatic carbocycles. The molecule has 1 unspecified atom stereocenters. The highest BCUT2D eigenvalue weighted by Gasteiger charge is 2.48. The Balaban J connectivity index is 1.92. The topological polar surface area (TPSA) is 117 Å². The van der Waals surface area contributed by atoms with E-state index >= 15 is 0 Å². The standard InChI is InChI=1S/C26H32N2O7/c1-14-22(25(30)35-15-8-6-7-9-15)23(24-17(27-14)12-26(2,3)13-19(24)29)16-10-20(33-4)21(34-5)11-18(16)28(31)32/h10-11,15,22-23H,6-9,12-13H2,1-5H3/t22?,23-/m1/s1. The first-order valence-electron chi connectivity index (χ1n) is 12.0. The summed E-state index contributed by atoms with van der Waals surface area (Å²) in [5.74, 6) is -2.03. The van der Waals surface area contributed by atoms with Gasteiger partial charge in [0.15, 0.2) is 17.3 Å². The Morgan fingerprint density at radius 1 is 1.11 bits per heavy atom. The predicted octanol–water partition coefficient (Wildman–Crippen LogP) is 4.92. The number of nitro groups is 1. The molecular weight excluding hydrogens is 452 g/mol. The van der Waals surface area contributed by atoms with Crippen LogP contribution < -0.4 is 9.47 Å². The first kappa shape index (κ1) is 24.9. The quantitative estimate of drug-likeness (QED) is 0.320. The lowest BCUT2D eigenvalue weighted by atomic mass is 9.66. The zero-order chi connectivity index (χ0) is 25.5. The molecule has 0 saturated heterocycles. The summed E-state index contributed by atoms with van der Waals surface area (Å²) in [5, 5.41) is 12.2. The minimum Gasteiger partial charge on any atom is -0.493 e. The number of rotatable bonds is 6. The number of esters is 1.